The SMILES string of the molecule is Cn1c2c(c3ccccc31)[CH]([Zr+2]1([C]3=CC=CC3)[CH2][CH2]1)c1ccccc1-2.[Cl-].[Cl-]. The number of hydrogen-bond donors (Lipinski definition) is 0. The van der Waals surface area contributed by atoms with Gasteiger partial charge in [-0.15, -0.1) is 0 Å². The normalized spacial score (nSPS) is 19.3. The fraction of sp³-hybridized carbons (Fsp3) is 0.217. The Morgan fingerprint density at radius 2 is 1.70 bits per heavy atom. The molecule has 1 unspecified atom stereocenters. The summed E-state index contributed by atoms with van der Waals surface area (Å²) < 4.78 is 8.09. The van der Waals surface area contributed by atoms with E-state index < -0.39 is 20.3 Å². The first-order valence-electron chi connectivity index (χ1n) is 9.34. The van der Waals surface area contributed by atoms with Crippen molar-refractivity contribution < 1.29 is 45.1 Å². The maximum Gasteiger partial charge on any atom is -1.00 e. The van der Waals surface area contributed by atoms with Gasteiger partial charge in [-0.1, -0.05) is 0 Å². The Hall–Kier alpha value is -1.08. The maximum absolute atomic E-state index is 2.48. The number of allylic oxidation sites excluding steroid dienone is 4. The van der Waals surface area contributed by atoms with Gasteiger partial charge in [0.15, 0.2) is 0 Å². The van der Waals surface area contributed by atoms with Gasteiger partial charge in [-0.2, -0.15) is 0 Å². The first-order chi connectivity index (χ1) is 12.3. The predicted octanol–water partition coefficient (Wildman–Crippen LogP) is 0.104. The van der Waals surface area contributed by atoms with Gasteiger partial charge in [0.25, 0.3) is 0 Å². The van der Waals surface area contributed by atoms with Gasteiger partial charge in [-0.05, 0) is 0 Å². The molecule has 0 spiro atoms. The van der Waals surface area contributed by atoms with Crippen LogP contribution in [0.25, 0.3) is 22.2 Å². The Balaban J connectivity index is 0.000000900. The molecule has 1 nitrogen and oxygen atoms in total. The van der Waals surface area contributed by atoms with Gasteiger partial charge < -0.3 is 24.8 Å². The first kappa shape index (κ1) is 19.2. The number of benzene rings is 2. The summed E-state index contributed by atoms with van der Waals surface area (Å²) in [6.07, 6.45) is 8.39. The van der Waals surface area contributed by atoms with E-state index in [1.165, 1.54) is 36.8 Å². The third-order valence-electron chi connectivity index (χ3n) is 6.71. The standard InChI is InChI=1S/C16H12N.C5H5.C2H4.2ClH.Zr/c1-17-15-9-5-4-8-13(15)14-10-11-6-2-3-7-12(11)16(14)17;1-2-4-5-3-1;1-2;;;/h2-10H,1H3;1-3H,4H2;1-2H2;2*1H;/q;;;;;+2/p-2. The van der Waals surface area contributed by atoms with Gasteiger partial charge >= 0.3 is 154 Å². The fourth-order valence-electron chi connectivity index (χ4n) is 5.48. The van der Waals surface area contributed by atoms with Crippen LogP contribution in [-0.2, 0) is 27.3 Å². The van der Waals surface area contributed by atoms with Gasteiger partial charge in [0.1, 0.15) is 0 Å². The molecular weight excluding hydrogens is 452 g/mol. The fourth-order valence-corrected chi connectivity index (χ4v) is 20.5. The van der Waals surface area contributed by atoms with Gasteiger partial charge in [0.05, 0.1) is 0 Å². The number of aromatic nitrogens is 1. The number of nitrogens with zero attached hydrogens (tertiary/aromatic N) is 1. The van der Waals surface area contributed by atoms with Crippen molar-refractivity contribution in [3.63, 3.8) is 0 Å². The Bertz CT molecular complexity index is 1100. The summed E-state index contributed by atoms with van der Waals surface area (Å²) in [7, 11) is 2.26. The van der Waals surface area contributed by atoms with Gasteiger partial charge in [-0.3, -0.25) is 0 Å². The number of halogens is 2. The zero-order valence-corrected chi connectivity index (χ0v) is 19.2. The molecule has 0 saturated carbocycles. The van der Waals surface area contributed by atoms with Crippen molar-refractivity contribution in [3.05, 3.63) is 81.2 Å². The van der Waals surface area contributed by atoms with Crippen LogP contribution in [0.4, 0.5) is 0 Å². The van der Waals surface area contributed by atoms with E-state index in [2.05, 4.69) is 78.4 Å². The van der Waals surface area contributed by atoms with Crippen molar-refractivity contribution in [2.75, 3.05) is 0 Å². The molecule has 27 heavy (non-hydrogen) atoms. The molecule has 0 amide bonds. The van der Waals surface area contributed by atoms with E-state index in [0.717, 1.165) is 3.63 Å². The van der Waals surface area contributed by atoms with Crippen molar-refractivity contribution in [2.45, 2.75) is 18.3 Å². The summed E-state index contributed by atoms with van der Waals surface area (Å²) >= 11 is -2.30. The molecule has 1 saturated heterocycles. The van der Waals surface area contributed by atoms with Crippen LogP contribution in [0.3, 0.4) is 0 Å². The molecule has 1 atom stereocenters. The van der Waals surface area contributed by atoms with Crippen LogP contribution < -0.4 is 24.8 Å². The van der Waals surface area contributed by atoms with Crippen molar-refractivity contribution in [3.8, 4) is 11.3 Å². The summed E-state index contributed by atoms with van der Waals surface area (Å²) in [6.45, 7) is 0. The van der Waals surface area contributed by atoms with Crippen molar-refractivity contribution in [2.24, 2.45) is 7.05 Å². The maximum atomic E-state index is 2.48. The molecule has 0 N–H and O–H groups in total. The van der Waals surface area contributed by atoms with Gasteiger partial charge in [0.2, 0.25) is 0 Å². The molecule has 6 rings (SSSR count). The third-order valence-corrected chi connectivity index (χ3v) is 18.8. The minimum atomic E-state index is -2.30. The van der Waals surface area contributed by atoms with Gasteiger partial charge in [0, 0.05) is 0 Å². The van der Waals surface area contributed by atoms with Crippen molar-refractivity contribution >= 4 is 10.9 Å². The second kappa shape index (κ2) is 6.76. The van der Waals surface area contributed by atoms with E-state index in [4.69, 9.17) is 0 Å². The van der Waals surface area contributed by atoms with Crippen LogP contribution in [0.15, 0.2) is 70.0 Å². The molecule has 136 valence electrons. The Morgan fingerprint density at radius 1 is 0.963 bits per heavy atom. The Kier molecular flexibility index (Phi) is 4.82. The molecule has 1 aliphatic heterocycles. The van der Waals surface area contributed by atoms with Crippen LogP contribution >= 0.6 is 0 Å². The minimum Gasteiger partial charge on any atom is -1.00 e. The number of para-hydroxylation sites is 1. The first-order valence-corrected chi connectivity index (χ1v) is 15.5. The zero-order chi connectivity index (χ0) is 16.6. The summed E-state index contributed by atoms with van der Waals surface area (Å²) in [6, 6.07) is 18.3. The number of hydrogen-bond acceptors (Lipinski definition) is 0. The minimum absolute atomic E-state index is 0. The number of rotatable bonds is 2. The quantitative estimate of drug-likeness (QED) is 0.498. The van der Waals surface area contributed by atoms with E-state index in [1.807, 2.05) is 3.28 Å². The molecule has 0 bridgehead atoms. The predicted molar refractivity (Wildman–Crippen MR) is 102 cm³/mol. The van der Waals surface area contributed by atoms with Crippen molar-refractivity contribution in [1.29, 1.82) is 0 Å². The molecular formula is C23H21Cl2NZr. The molecule has 1 aromatic heterocycles. The molecule has 0 radical (unpaired) electrons. The van der Waals surface area contributed by atoms with E-state index in [9.17, 15) is 0 Å². The van der Waals surface area contributed by atoms with Crippen LogP contribution in [0, 0.1) is 0 Å². The summed E-state index contributed by atoms with van der Waals surface area (Å²) in [5.41, 5.74) is 7.69. The Morgan fingerprint density at radius 3 is 2.44 bits per heavy atom. The topological polar surface area (TPSA) is 4.93 Å². The summed E-state index contributed by atoms with van der Waals surface area (Å²) in [5, 5.41) is 1.50. The van der Waals surface area contributed by atoms with Crippen LogP contribution in [-0.4, -0.2) is 4.57 Å². The van der Waals surface area contributed by atoms with E-state index in [1.54, 1.807) is 11.1 Å². The average molecular weight is 474 g/mol. The largest absolute Gasteiger partial charge is 1.00 e. The van der Waals surface area contributed by atoms with Crippen LogP contribution in [0.5, 0.6) is 0 Å². The van der Waals surface area contributed by atoms with Crippen LogP contribution in [0.2, 0.25) is 8.26 Å². The Labute approximate surface area is 177 Å². The number of fused-ring (bicyclic) bond motifs is 5. The molecule has 1 fully saturated rings. The van der Waals surface area contributed by atoms with E-state index in [-0.39, 0.29) is 24.8 Å². The zero-order valence-electron chi connectivity index (χ0n) is 15.3. The molecule has 2 heterocycles. The average Bonchev–Trinajstić information content (AvgIpc) is 3.04. The van der Waals surface area contributed by atoms with E-state index >= 15 is 0 Å². The van der Waals surface area contributed by atoms with Crippen LogP contribution in [0.1, 0.15) is 21.2 Å². The second-order valence-corrected chi connectivity index (χ2v) is 19.0. The third kappa shape index (κ3) is 2.46. The van der Waals surface area contributed by atoms with E-state index in [0.29, 0.717) is 0 Å². The molecule has 4 heteroatoms. The summed E-state index contributed by atoms with van der Waals surface area (Å²) in [4.78, 5) is 0. The number of aryl methyl sites for hydroxylation is 1. The second-order valence-electron chi connectivity index (χ2n) is 7.84. The molecule has 2 aliphatic carbocycles. The molecule has 3 aromatic rings. The summed E-state index contributed by atoms with van der Waals surface area (Å²) in [5.74, 6) is 0. The smallest absolute Gasteiger partial charge is 1.00 e. The molecule has 2 aromatic carbocycles. The van der Waals surface area contributed by atoms with Gasteiger partial charge in [-0.25, -0.2) is 0 Å². The van der Waals surface area contributed by atoms with Crippen molar-refractivity contribution in [1.82, 2.24) is 4.57 Å². The monoisotopic (exact) mass is 471 g/mol. The molecule has 3 aliphatic rings.